The van der Waals surface area contributed by atoms with Crippen molar-refractivity contribution in [2.75, 3.05) is 18.0 Å². The van der Waals surface area contributed by atoms with Gasteiger partial charge in [0.25, 0.3) is 0 Å². The second kappa shape index (κ2) is 8.20. The zero-order valence-electron chi connectivity index (χ0n) is 15.7. The summed E-state index contributed by atoms with van der Waals surface area (Å²) in [6.45, 7) is 1.75. The Morgan fingerprint density at radius 2 is 1.86 bits per heavy atom. The molecule has 144 valence electrons. The molecule has 0 amide bonds. The van der Waals surface area contributed by atoms with Gasteiger partial charge in [0, 0.05) is 0 Å². The summed E-state index contributed by atoms with van der Waals surface area (Å²) in [5.74, 6) is 0.644. The molecule has 1 saturated heterocycles. The Labute approximate surface area is 178 Å². The normalized spacial score (nSPS) is 19.0. The molecule has 0 atom stereocenters. The molecule has 2 aliphatic rings. The first-order valence-electron chi connectivity index (χ1n) is 10.0. The Hall–Kier alpha value is -1.32. The number of aromatic nitrogens is 4. The molecule has 2 radical (unpaired) electrons. The molecule has 0 bridgehead atoms. The van der Waals surface area contributed by atoms with Crippen molar-refractivity contribution in [2.24, 2.45) is 0 Å². The van der Waals surface area contributed by atoms with Gasteiger partial charge in [-0.3, -0.25) is 0 Å². The van der Waals surface area contributed by atoms with E-state index in [2.05, 4.69) is 38.3 Å². The van der Waals surface area contributed by atoms with E-state index in [1.54, 1.807) is 0 Å². The molecule has 3 aromatic heterocycles. The molecular formula is C20H23N5OSSn. The van der Waals surface area contributed by atoms with Gasteiger partial charge in [-0.25, -0.2) is 0 Å². The van der Waals surface area contributed by atoms with Crippen LogP contribution in [0.4, 0.5) is 5.69 Å². The van der Waals surface area contributed by atoms with Crippen molar-refractivity contribution in [1.82, 2.24) is 20.2 Å². The number of hydrogen-bond acceptors (Lipinski definition) is 7. The molecule has 28 heavy (non-hydrogen) atoms. The summed E-state index contributed by atoms with van der Waals surface area (Å²) in [6, 6.07) is 6.35. The van der Waals surface area contributed by atoms with E-state index in [-0.39, 0.29) is 6.10 Å². The van der Waals surface area contributed by atoms with Crippen molar-refractivity contribution >= 4 is 55.9 Å². The molecule has 1 saturated carbocycles. The Kier molecular flexibility index (Phi) is 5.47. The van der Waals surface area contributed by atoms with Gasteiger partial charge in [0.05, 0.1) is 0 Å². The zero-order chi connectivity index (χ0) is 18.9. The number of aliphatic hydroxyl groups is 1. The van der Waals surface area contributed by atoms with Gasteiger partial charge in [-0.2, -0.15) is 0 Å². The summed E-state index contributed by atoms with van der Waals surface area (Å²) < 4.78 is 2.39. The number of nitrogens with zero attached hydrogens (tertiary/aromatic N) is 5. The summed E-state index contributed by atoms with van der Waals surface area (Å²) in [7, 11) is 0. The first kappa shape index (κ1) is 18.7. The molecule has 5 rings (SSSR count). The van der Waals surface area contributed by atoms with Crippen LogP contribution in [0.2, 0.25) is 0 Å². The topological polar surface area (TPSA) is 75.0 Å². The van der Waals surface area contributed by atoms with Gasteiger partial charge in [0.15, 0.2) is 0 Å². The van der Waals surface area contributed by atoms with Crippen LogP contribution >= 0.6 is 11.3 Å². The van der Waals surface area contributed by atoms with Gasteiger partial charge in [0.2, 0.25) is 0 Å². The van der Waals surface area contributed by atoms with Gasteiger partial charge in [0.1, 0.15) is 0 Å². The zero-order valence-corrected chi connectivity index (χ0v) is 19.4. The monoisotopic (exact) mass is 501 g/mol. The van der Waals surface area contributed by atoms with Crippen molar-refractivity contribution in [2.45, 2.75) is 50.5 Å². The fourth-order valence-electron chi connectivity index (χ4n) is 4.09. The third-order valence-corrected chi connectivity index (χ3v) is 10.6. The van der Waals surface area contributed by atoms with Crippen LogP contribution in [0.15, 0.2) is 24.4 Å². The van der Waals surface area contributed by atoms with Crippen molar-refractivity contribution in [3.05, 3.63) is 29.4 Å². The molecule has 2 fully saturated rings. The van der Waals surface area contributed by atoms with E-state index >= 15 is 0 Å². The molecule has 8 heteroatoms. The first-order valence-corrected chi connectivity index (χ1v) is 13.7. The number of fused-ring (bicyclic) bond motifs is 1. The van der Waals surface area contributed by atoms with Crippen LogP contribution < -0.4 is 11.6 Å². The Morgan fingerprint density at radius 3 is 2.68 bits per heavy atom. The number of anilines is 1. The van der Waals surface area contributed by atoms with E-state index in [1.165, 1.54) is 37.4 Å². The minimum atomic E-state index is -1.03. The third kappa shape index (κ3) is 4.02. The minimum absolute atomic E-state index is 0.164. The number of hydrogen-bond donors (Lipinski definition) is 1. The molecule has 6 nitrogen and oxygen atoms in total. The van der Waals surface area contributed by atoms with Crippen LogP contribution in [0, 0.1) is 0 Å². The summed E-state index contributed by atoms with van der Waals surface area (Å²) in [5, 5.41) is 19.9. The molecule has 3 aromatic rings. The average molecular weight is 500 g/mol. The number of pyridine rings is 2. The van der Waals surface area contributed by atoms with Crippen molar-refractivity contribution in [3.63, 3.8) is 0 Å². The van der Waals surface area contributed by atoms with Crippen molar-refractivity contribution in [3.8, 4) is 0 Å². The van der Waals surface area contributed by atoms with E-state index in [9.17, 15) is 5.11 Å². The fourth-order valence-corrected chi connectivity index (χ4v) is 8.83. The number of piperidine rings is 1. The summed E-state index contributed by atoms with van der Waals surface area (Å²) in [6.07, 6.45) is 8.61. The third-order valence-electron chi connectivity index (χ3n) is 5.73. The second-order valence-electron chi connectivity index (χ2n) is 7.70. The molecule has 0 aromatic carbocycles. The molecule has 0 unspecified atom stereocenters. The average Bonchev–Trinajstić information content (AvgIpc) is 3.40. The van der Waals surface area contributed by atoms with E-state index < -0.39 is 21.1 Å². The Bertz CT molecular complexity index is 966. The van der Waals surface area contributed by atoms with Gasteiger partial charge in [-0.05, 0) is 0 Å². The van der Waals surface area contributed by atoms with Crippen LogP contribution in [0.3, 0.4) is 0 Å². The van der Waals surface area contributed by atoms with Gasteiger partial charge in [-0.15, -0.1) is 0 Å². The molecule has 1 N–H and O–H groups in total. The van der Waals surface area contributed by atoms with Gasteiger partial charge >= 0.3 is 179 Å². The standard InChI is InChI=1S/C13H14N3O.C7H9N2S.Sn/c17-11-3-6-16(7-4-11)10-8-13-12(15-9-10)2-1-5-14-13;1-2-4-6(3-1)7-9-8-5-10-7;/h1-2,8-9,11,17H,3-4,6-7H2;6H,1-4H2;. The number of rotatable bonds is 4. The van der Waals surface area contributed by atoms with Gasteiger partial charge < -0.3 is 0 Å². The molecule has 1 aliphatic carbocycles. The van der Waals surface area contributed by atoms with Gasteiger partial charge in [-0.1, -0.05) is 0 Å². The predicted octanol–water partition coefficient (Wildman–Crippen LogP) is 1.75. The van der Waals surface area contributed by atoms with Crippen LogP contribution in [0.5, 0.6) is 0 Å². The van der Waals surface area contributed by atoms with Crippen molar-refractivity contribution < 1.29 is 5.11 Å². The number of aliphatic hydroxyl groups excluding tert-OH is 1. The molecular weight excluding hydrogens is 477 g/mol. The van der Waals surface area contributed by atoms with Crippen LogP contribution in [-0.4, -0.2) is 65.6 Å². The summed E-state index contributed by atoms with van der Waals surface area (Å²) in [5.41, 5.74) is 3.00. The van der Waals surface area contributed by atoms with E-state index in [0.717, 1.165) is 42.7 Å². The van der Waals surface area contributed by atoms with Crippen LogP contribution in [-0.2, 0) is 0 Å². The second-order valence-corrected chi connectivity index (χ2v) is 13.3. The predicted molar refractivity (Wildman–Crippen MR) is 113 cm³/mol. The van der Waals surface area contributed by atoms with Crippen LogP contribution in [0.1, 0.15) is 49.5 Å². The van der Waals surface area contributed by atoms with E-state index in [4.69, 9.17) is 4.98 Å². The Balaban J connectivity index is 1.35. The SMILES string of the molecule is OC1CCN(c2cnc3cc[c]([Sn][c]4nnc(C5CCCC5)s4)nc3c2)CC1. The quantitative estimate of drug-likeness (QED) is 0.551. The first-order chi connectivity index (χ1) is 13.7. The molecule has 1 aliphatic heterocycles. The van der Waals surface area contributed by atoms with E-state index in [0.29, 0.717) is 5.92 Å². The van der Waals surface area contributed by atoms with E-state index in [1.807, 2.05) is 17.5 Å². The van der Waals surface area contributed by atoms with Crippen LogP contribution in [0.25, 0.3) is 11.0 Å². The molecule has 4 heterocycles. The maximum atomic E-state index is 9.73. The Morgan fingerprint density at radius 1 is 1.04 bits per heavy atom. The van der Waals surface area contributed by atoms with Crippen molar-refractivity contribution in [1.29, 1.82) is 0 Å². The molecule has 0 spiro atoms. The maximum absolute atomic E-state index is 9.73. The summed E-state index contributed by atoms with van der Waals surface area (Å²) >= 11 is 0.790. The summed E-state index contributed by atoms with van der Waals surface area (Å²) in [4.78, 5) is 11.8. The fraction of sp³-hybridized carbons (Fsp3) is 0.500.